The molecule has 1 N–H and O–H groups in total. The lowest BCUT2D eigenvalue weighted by Gasteiger charge is -2.33. The van der Waals surface area contributed by atoms with Gasteiger partial charge >= 0.3 is 0 Å². The second kappa shape index (κ2) is 9.39. The Bertz CT molecular complexity index is 520. The van der Waals surface area contributed by atoms with Crippen molar-refractivity contribution >= 4 is 0 Å². The standard InChI is InChI=1S/C22H36O2/c1-7-24-22(6,15-8-10-18(2)13-17-23)16-12-20-19(3)11-9-14-21(20,4)5/h8,12-13,15-16,23H,7,9-11,14,17H2,1-6H3/b15-8+,16-12+,18-13+. The van der Waals surface area contributed by atoms with Gasteiger partial charge in [-0.25, -0.2) is 0 Å². The van der Waals surface area contributed by atoms with Crippen LogP contribution in [0.3, 0.4) is 0 Å². The molecule has 0 aliphatic heterocycles. The normalized spacial score (nSPS) is 21.7. The molecule has 24 heavy (non-hydrogen) atoms. The molecule has 0 aromatic heterocycles. The molecule has 0 spiro atoms. The van der Waals surface area contributed by atoms with Gasteiger partial charge in [-0.05, 0) is 70.4 Å². The van der Waals surface area contributed by atoms with E-state index in [1.807, 2.05) is 19.9 Å². The molecule has 2 nitrogen and oxygen atoms in total. The van der Waals surface area contributed by atoms with Gasteiger partial charge < -0.3 is 9.84 Å². The van der Waals surface area contributed by atoms with Gasteiger partial charge in [0.25, 0.3) is 0 Å². The van der Waals surface area contributed by atoms with Gasteiger partial charge in [0.2, 0.25) is 0 Å². The third-order valence-corrected chi connectivity index (χ3v) is 4.91. The molecule has 136 valence electrons. The highest BCUT2D eigenvalue weighted by Crippen LogP contribution is 2.41. The Morgan fingerprint density at radius 2 is 2.04 bits per heavy atom. The fourth-order valence-electron chi connectivity index (χ4n) is 3.44. The number of ether oxygens (including phenoxy) is 1. The van der Waals surface area contributed by atoms with Gasteiger partial charge in [-0.3, -0.25) is 0 Å². The first-order valence-corrected chi connectivity index (χ1v) is 9.21. The van der Waals surface area contributed by atoms with Crippen LogP contribution in [0.1, 0.15) is 67.2 Å². The number of allylic oxidation sites excluding steroid dienone is 5. The van der Waals surface area contributed by atoms with Crippen molar-refractivity contribution < 1.29 is 9.84 Å². The Balaban J connectivity index is 2.94. The fraction of sp³-hybridized carbons (Fsp3) is 0.636. The molecule has 0 fully saturated rings. The summed E-state index contributed by atoms with van der Waals surface area (Å²) in [6.07, 6.45) is 15.2. The van der Waals surface area contributed by atoms with Crippen molar-refractivity contribution in [2.45, 2.75) is 72.8 Å². The Labute approximate surface area is 149 Å². The molecule has 2 heteroatoms. The predicted molar refractivity (Wildman–Crippen MR) is 104 cm³/mol. The molecular weight excluding hydrogens is 296 g/mol. The number of hydrogen-bond donors (Lipinski definition) is 1. The Kier molecular flexibility index (Phi) is 8.18. The van der Waals surface area contributed by atoms with Crippen LogP contribution in [0.15, 0.2) is 47.1 Å². The third-order valence-electron chi connectivity index (χ3n) is 4.91. The van der Waals surface area contributed by atoms with E-state index in [4.69, 9.17) is 9.84 Å². The summed E-state index contributed by atoms with van der Waals surface area (Å²) in [5.41, 5.74) is 3.99. The third kappa shape index (κ3) is 6.41. The quantitative estimate of drug-likeness (QED) is 0.573. The van der Waals surface area contributed by atoms with Crippen molar-refractivity contribution in [2.24, 2.45) is 5.41 Å². The maximum Gasteiger partial charge on any atom is 0.102 e. The van der Waals surface area contributed by atoms with Crippen molar-refractivity contribution in [3.63, 3.8) is 0 Å². The summed E-state index contributed by atoms with van der Waals surface area (Å²) in [5, 5.41) is 8.94. The van der Waals surface area contributed by atoms with Crippen LogP contribution < -0.4 is 0 Å². The average Bonchev–Trinajstić information content (AvgIpc) is 2.46. The van der Waals surface area contributed by atoms with Crippen molar-refractivity contribution in [2.75, 3.05) is 13.2 Å². The van der Waals surface area contributed by atoms with E-state index in [0.29, 0.717) is 6.61 Å². The lowest BCUT2D eigenvalue weighted by atomic mass is 9.72. The average molecular weight is 333 g/mol. The van der Waals surface area contributed by atoms with Gasteiger partial charge in [-0.15, -0.1) is 0 Å². The molecule has 0 amide bonds. The first kappa shape index (κ1) is 20.9. The number of aliphatic hydroxyl groups excluding tert-OH is 1. The summed E-state index contributed by atoms with van der Waals surface area (Å²) in [7, 11) is 0. The molecule has 1 atom stereocenters. The molecule has 0 aromatic rings. The van der Waals surface area contributed by atoms with Crippen LogP contribution in [0.2, 0.25) is 0 Å². The van der Waals surface area contributed by atoms with Gasteiger partial charge in [-0.1, -0.05) is 49.3 Å². The van der Waals surface area contributed by atoms with Crippen LogP contribution in [0.5, 0.6) is 0 Å². The minimum atomic E-state index is -0.394. The maximum absolute atomic E-state index is 8.94. The molecule has 1 aliphatic carbocycles. The molecule has 0 bridgehead atoms. The minimum Gasteiger partial charge on any atom is -0.392 e. The van der Waals surface area contributed by atoms with Gasteiger partial charge in [0.05, 0.1) is 6.61 Å². The summed E-state index contributed by atoms with van der Waals surface area (Å²) in [4.78, 5) is 0. The Hall–Kier alpha value is -1.12. The van der Waals surface area contributed by atoms with Gasteiger partial charge in [0, 0.05) is 6.61 Å². The summed E-state index contributed by atoms with van der Waals surface area (Å²) in [5.74, 6) is 0. The van der Waals surface area contributed by atoms with Crippen LogP contribution in [0.25, 0.3) is 0 Å². The van der Waals surface area contributed by atoms with Crippen molar-refractivity contribution in [1.82, 2.24) is 0 Å². The monoisotopic (exact) mass is 332 g/mol. The van der Waals surface area contributed by atoms with Crippen molar-refractivity contribution in [1.29, 1.82) is 0 Å². The first-order valence-electron chi connectivity index (χ1n) is 9.21. The van der Waals surface area contributed by atoms with E-state index in [2.05, 4.69) is 52.0 Å². The molecule has 0 heterocycles. The van der Waals surface area contributed by atoms with Crippen LogP contribution >= 0.6 is 0 Å². The molecule has 0 saturated heterocycles. The molecule has 0 saturated carbocycles. The predicted octanol–water partition coefficient (Wildman–Crippen LogP) is 5.75. The SMILES string of the molecule is CCOC(C)(/C=C/C/C(C)=C/CO)/C=C/C1=C(C)CCCC1(C)C. The first-order chi connectivity index (χ1) is 11.2. The van der Waals surface area contributed by atoms with Crippen molar-refractivity contribution in [3.8, 4) is 0 Å². The zero-order valence-electron chi connectivity index (χ0n) is 16.5. The highest BCUT2D eigenvalue weighted by Gasteiger charge is 2.27. The van der Waals surface area contributed by atoms with E-state index < -0.39 is 5.60 Å². The summed E-state index contributed by atoms with van der Waals surface area (Å²) in [6, 6.07) is 0. The summed E-state index contributed by atoms with van der Waals surface area (Å²) in [6.45, 7) is 13.9. The molecular formula is C22H36O2. The lowest BCUT2D eigenvalue weighted by molar-refractivity contribution is 0.0506. The number of rotatable bonds is 8. The Morgan fingerprint density at radius 3 is 2.62 bits per heavy atom. The lowest BCUT2D eigenvalue weighted by Crippen LogP contribution is -2.24. The zero-order valence-corrected chi connectivity index (χ0v) is 16.5. The van der Waals surface area contributed by atoms with E-state index in [9.17, 15) is 0 Å². The second-order valence-electron chi connectivity index (χ2n) is 7.72. The second-order valence-corrected chi connectivity index (χ2v) is 7.72. The molecule has 1 rings (SSSR count). The molecule has 1 unspecified atom stereocenters. The maximum atomic E-state index is 8.94. The molecule has 0 radical (unpaired) electrons. The topological polar surface area (TPSA) is 29.5 Å². The van der Waals surface area contributed by atoms with Crippen LogP contribution in [0.4, 0.5) is 0 Å². The number of aliphatic hydroxyl groups is 1. The van der Waals surface area contributed by atoms with E-state index >= 15 is 0 Å². The van der Waals surface area contributed by atoms with Crippen LogP contribution in [0, 0.1) is 5.41 Å². The fourth-order valence-corrected chi connectivity index (χ4v) is 3.44. The van der Waals surface area contributed by atoms with Crippen molar-refractivity contribution in [3.05, 3.63) is 47.1 Å². The van der Waals surface area contributed by atoms with E-state index in [0.717, 1.165) is 6.42 Å². The highest BCUT2D eigenvalue weighted by atomic mass is 16.5. The summed E-state index contributed by atoms with van der Waals surface area (Å²) < 4.78 is 6.00. The van der Waals surface area contributed by atoms with Gasteiger partial charge in [0.1, 0.15) is 5.60 Å². The largest absolute Gasteiger partial charge is 0.392 e. The highest BCUT2D eigenvalue weighted by molar-refractivity contribution is 5.34. The smallest absolute Gasteiger partial charge is 0.102 e. The zero-order chi connectivity index (χ0) is 18.2. The van der Waals surface area contributed by atoms with Crippen LogP contribution in [-0.2, 0) is 4.74 Å². The van der Waals surface area contributed by atoms with Crippen LogP contribution in [-0.4, -0.2) is 23.9 Å². The Morgan fingerprint density at radius 1 is 1.33 bits per heavy atom. The molecule has 1 aliphatic rings. The molecule has 0 aromatic carbocycles. The summed E-state index contributed by atoms with van der Waals surface area (Å²) >= 11 is 0. The minimum absolute atomic E-state index is 0.102. The number of hydrogen-bond acceptors (Lipinski definition) is 2. The van der Waals surface area contributed by atoms with Gasteiger partial charge in [0.15, 0.2) is 0 Å². The van der Waals surface area contributed by atoms with Gasteiger partial charge in [-0.2, -0.15) is 0 Å². The van der Waals surface area contributed by atoms with E-state index in [1.54, 1.807) is 0 Å². The van der Waals surface area contributed by atoms with E-state index in [1.165, 1.54) is 36.0 Å². The van der Waals surface area contributed by atoms with E-state index in [-0.39, 0.29) is 12.0 Å².